The molecule has 0 aliphatic heterocycles. The average molecular weight is 447 g/mol. The first-order chi connectivity index (χ1) is 16.7. The molecule has 3 aromatic heterocycles. The van der Waals surface area contributed by atoms with Gasteiger partial charge in [-0.3, -0.25) is 4.68 Å². The van der Waals surface area contributed by atoms with E-state index in [0.717, 1.165) is 28.8 Å². The molecule has 0 aliphatic carbocycles. The maximum Gasteiger partial charge on any atom is 0.187 e. The van der Waals surface area contributed by atoms with Crippen molar-refractivity contribution < 1.29 is 0 Å². The Morgan fingerprint density at radius 1 is 0.794 bits per heavy atom. The number of hydrogen-bond donors (Lipinski definition) is 0. The van der Waals surface area contributed by atoms with Gasteiger partial charge in [-0.2, -0.15) is 9.78 Å². The maximum atomic E-state index is 4.95. The second kappa shape index (κ2) is 8.08. The number of benzene rings is 3. The zero-order valence-corrected chi connectivity index (χ0v) is 18.9. The van der Waals surface area contributed by atoms with Crippen LogP contribution in [0.3, 0.4) is 0 Å². The zero-order chi connectivity index (χ0) is 23.1. The lowest BCUT2D eigenvalue weighted by Gasteiger charge is -2.06. The Balaban J connectivity index is 1.54. The third kappa shape index (κ3) is 3.36. The number of fused-ring (bicyclic) bond motifs is 1. The summed E-state index contributed by atoms with van der Waals surface area (Å²) in [6.45, 7) is 2.09. The molecule has 0 bridgehead atoms. The van der Waals surface area contributed by atoms with Crippen LogP contribution < -0.4 is 0 Å². The van der Waals surface area contributed by atoms with Gasteiger partial charge in [0.25, 0.3) is 0 Å². The Kier molecular flexibility index (Phi) is 4.76. The van der Waals surface area contributed by atoms with E-state index in [4.69, 9.17) is 10.1 Å². The van der Waals surface area contributed by atoms with Crippen LogP contribution >= 0.6 is 0 Å². The third-order valence-corrected chi connectivity index (χ3v) is 5.84. The lowest BCUT2D eigenvalue weighted by atomic mass is 10.1. The lowest BCUT2D eigenvalue weighted by Crippen LogP contribution is -2.05. The molecule has 0 atom stereocenters. The second-order valence-electron chi connectivity index (χ2n) is 8.07. The Morgan fingerprint density at radius 3 is 2.35 bits per heavy atom. The summed E-state index contributed by atoms with van der Waals surface area (Å²) in [5.41, 5.74) is 3.54. The molecule has 8 nitrogen and oxygen atoms in total. The summed E-state index contributed by atoms with van der Waals surface area (Å²) < 4.78 is 5.36. The van der Waals surface area contributed by atoms with Crippen LogP contribution in [-0.4, -0.2) is 39.5 Å². The summed E-state index contributed by atoms with van der Waals surface area (Å²) >= 11 is 0. The van der Waals surface area contributed by atoms with Crippen LogP contribution in [0.1, 0.15) is 12.6 Å². The smallest absolute Gasteiger partial charge is 0.187 e. The van der Waals surface area contributed by atoms with E-state index in [2.05, 4.69) is 46.6 Å². The number of hydrogen-bond acceptors (Lipinski definition) is 5. The molecule has 0 saturated heterocycles. The quantitative estimate of drug-likeness (QED) is 0.386. The molecule has 0 unspecified atom stereocenters. The molecule has 34 heavy (non-hydrogen) atoms. The van der Waals surface area contributed by atoms with E-state index in [0.29, 0.717) is 23.2 Å². The van der Waals surface area contributed by atoms with Gasteiger partial charge in [0.2, 0.25) is 0 Å². The van der Waals surface area contributed by atoms with Gasteiger partial charge in [-0.1, -0.05) is 66.7 Å². The van der Waals surface area contributed by atoms with Gasteiger partial charge in [0.15, 0.2) is 23.2 Å². The lowest BCUT2D eigenvalue weighted by molar-refractivity contribution is 0.733. The minimum Gasteiger partial charge on any atom is -0.274 e. The van der Waals surface area contributed by atoms with E-state index in [1.54, 1.807) is 9.36 Å². The van der Waals surface area contributed by atoms with E-state index >= 15 is 0 Å². The largest absolute Gasteiger partial charge is 0.274 e. The Labute approximate surface area is 196 Å². The minimum atomic E-state index is 0.612. The second-order valence-corrected chi connectivity index (χ2v) is 8.07. The van der Waals surface area contributed by atoms with Crippen LogP contribution in [0.4, 0.5) is 0 Å². The van der Waals surface area contributed by atoms with Crippen LogP contribution in [0.5, 0.6) is 0 Å². The average Bonchev–Trinajstić information content (AvgIpc) is 3.61. The van der Waals surface area contributed by atoms with Crippen molar-refractivity contribution in [2.75, 3.05) is 0 Å². The highest BCUT2D eigenvalue weighted by Crippen LogP contribution is 2.29. The van der Waals surface area contributed by atoms with Crippen molar-refractivity contribution in [3.63, 3.8) is 0 Å². The van der Waals surface area contributed by atoms with E-state index in [-0.39, 0.29) is 0 Å². The molecule has 3 aromatic carbocycles. The van der Waals surface area contributed by atoms with Crippen LogP contribution in [0.15, 0.2) is 85.1 Å². The van der Waals surface area contributed by atoms with Crippen LogP contribution in [-0.2, 0) is 13.5 Å². The monoisotopic (exact) mass is 446 g/mol. The van der Waals surface area contributed by atoms with E-state index < -0.39 is 0 Å². The van der Waals surface area contributed by atoms with Crippen molar-refractivity contribution >= 4 is 10.8 Å². The molecule has 0 spiro atoms. The van der Waals surface area contributed by atoms with Crippen molar-refractivity contribution in [3.05, 3.63) is 90.8 Å². The molecular weight excluding hydrogens is 424 g/mol. The summed E-state index contributed by atoms with van der Waals surface area (Å²) in [7, 11) is 1.88. The summed E-state index contributed by atoms with van der Waals surface area (Å²) in [6, 6.07) is 26.4. The molecule has 8 heteroatoms. The molecule has 3 heterocycles. The highest BCUT2D eigenvalue weighted by Gasteiger charge is 2.23. The van der Waals surface area contributed by atoms with Gasteiger partial charge in [0, 0.05) is 24.9 Å². The van der Waals surface area contributed by atoms with Crippen LogP contribution in [0.25, 0.3) is 45.2 Å². The SMILES string of the molecule is CCc1c(-c2nc(-c3ccc4ccccc4c3)nn2-c2ccn(C)n2)nnn1-c1ccccc1. The molecule has 0 fully saturated rings. The number of rotatable bonds is 5. The highest BCUT2D eigenvalue weighted by molar-refractivity contribution is 5.86. The first-order valence-electron chi connectivity index (χ1n) is 11.2. The first kappa shape index (κ1) is 20.0. The summed E-state index contributed by atoms with van der Waals surface area (Å²) in [5, 5.41) is 20.7. The number of para-hydroxylation sites is 1. The third-order valence-electron chi connectivity index (χ3n) is 5.84. The van der Waals surface area contributed by atoms with Gasteiger partial charge < -0.3 is 0 Å². The molecule has 6 aromatic rings. The summed E-state index contributed by atoms with van der Waals surface area (Å²) in [4.78, 5) is 4.95. The van der Waals surface area contributed by atoms with Gasteiger partial charge >= 0.3 is 0 Å². The molecule has 0 N–H and O–H groups in total. The standard InChI is InChI=1S/C26H22N8/c1-3-22-24(28-31-33(22)21-11-5-4-6-12-21)26-27-25(30-34(26)23-15-16-32(2)29-23)20-14-13-18-9-7-8-10-19(18)17-20/h4-17H,3H2,1-2H3. The maximum absolute atomic E-state index is 4.95. The van der Waals surface area contributed by atoms with Gasteiger partial charge in [-0.05, 0) is 35.4 Å². The predicted octanol–water partition coefficient (Wildman–Crippen LogP) is 4.63. The van der Waals surface area contributed by atoms with E-state index in [1.165, 1.54) is 5.39 Å². The van der Waals surface area contributed by atoms with Crippen molar-refractivity contribution in [2.24, 2.45) is 7.05 Å². The topological polar surface area (TPSA) is 79.2 Å². The molecular formula is C26H22N8. The van der Waals surface area contributed by atoms with Crippen molar-refractivity contribution in [2.45, 2.75) is 13.3 Å². The van der Waals surface area contributed by atoms with E-state index in [9.17, 15) is 0 Å². The molecule has 0 radical (unpaired) electrons. The van der Waals surface area contributed by atoms with Gasteiger partial charge in [0.1, 0.15) is 0 Å². The Morgan fingerprint density at radius 2 is 1.59 bits per heavy atom. The first-order valence-corrected chi connectivity index (χ1v) is 11.2. The van der Waals surface area contributed by atoms with Gasteiger partial charge in [0.05, 0.1) is 11.4 Å². The molecule has 0 saturated carbocycles. The fraction of sp³-hybridized carbons (Fsp3) is 0.115. The van der Waals surface area contributed by atoms with E-state index in [1.807, 2.05) is 72.5 Å². The molecule has 0 amide bonds. The predicted molar refractivity (Wildman–Crippen MR) is 131 cm³/mol. The normalized spacial score (nSPS) is 11.4. The van der Waals surface area contributed by atoms with Crippen molar-refractivity contribution in [3.8, 4) is 34.4 Å². The summed E-state index contributed by atoms with van der Waals surface area (Å²) in [6.07, 6.45) is 2.62. The molecule has 0 aliphatic rings. The number of aryl methyl sites for hydroxylation is 1. The van der Waals surface area contributed by atoms with Crippen LogP contribution in [0, 0.1) is 0 Å². The van der Waals surface area contributed by atoms with Crippen LogP contribution in [0.2, 0.25) is 0 Å². The Bertz CT molecular complexity index is 1610. The highest BCUT2D eigenvalue weighted by atomic mass is 15.5. The van der Waals surface area contributed by atoms with Gasteiger partial charge in [-0.25, -0.2) is 9.67 Å². The number of aromatic nitrogens is 8. The molecule has 6 rings (SSSR count). The fourth-order valence-corrected chi connectivity index (χ4v) is 4.16. The minimum absolute atomic E-state index is 0.612. The van der Waals surface area contributed by atoms with Crippen molar-refractivity contribution in [1.29, 1.82) is 0 Å². The Hall–Kier alpha value is -4.59. The van der Waals surface area contributed by atoms with Gasteiger partial charge in [-0.15, -0.1) is 10.2 Å². The fourth-order valence-electron chi connectivity index (χ4n) is 4.16. The zero-order valence-electron chi connectivity index (χ0n) is 18.9. The number of nitrogens with zero attached hydrogens (tertiary/aromatic N) is 8. The molecule has 166 valence electrons. The van der Waals surface area contributed by atoms with Crippen molar-refractivity contribution in [1.82, 2.24) is 39.5 Å². The summed E-state index contributed by atoms with van der Waals surface area (Å²) in [5.74, 6) is 1.90.